The monoisotopic (exact) mass is 259 g/mol. The summed E-state index contributed by atoms with van der Waals surface area (Å²) in [6.45, 7) is 0. The number of hydrogen-bond donors (Lipinski definition) is 2. The van der Waals surface area contributed by atoms with Gasteiger partial charge >= 0.3 is 5.97 Å². The van der Waals surface area contributed by atoms with Crippen LogP contribution in [-0.4, -0.2) is 24.1 Å². The number of benzene rings is 1. The fourth-order valence-electron chi connectivity index (χ4n) is 1.21. The largest absolute Gasteiger partial charge is 0.494 e. The van der Waals surface area contributed by atoms with E-state index in [1.54, 1.807) is 0 Å². The van der Waals surface area contributed by atoms with Gasteiger partial charge in [0, 0.05) is 18.6 Å². The number of carboxylic acids is 1. The van der Waals surface area contributed by atoms with Gasteiger partial charge in [-0.15, -0.1) is 0 Å². The zero-order valence-corrected chi connectivity index (χ0v) is 9.50. The molecule has 0 bridgehead atoms. The first-order chi connectivity index (χ1) is 8.43. The molecule has 5 nitrogen and oxygen atoms in total. The number of aliphatic carboxylic acids is 1. The Morgan fingerprint density at radius 2 is 1.94 bits per heavy atom. The van der Waals surface area contributed by atoms with Crippen LogP contribution in [0.3, 0.4) is 0 Å². The quantitative estimate of drug-likeness (QED) is 0.845. The highest BCUT2D eigenvalue weighted by Gasteiger charge is 2.13. The van der Waals surface area contributed by atoms with Crippen molar-refractivity contribution in [3.8, 4) is 5.75 Å². The number of carbonyl (C=O) groups is 2. The molecule has 0 spiro atoms. The summed E-state index contributed by atoms with van der Waals surface area (Å²) in [5.41, 5.74) is -0.358. The minimum atomic E-state index is -1.15. The highest BCUT2D eigenvalue weighted by molar-refractivity contribution is 5.92. The van der Waals surface area contributed by atoms with Crippen LogP contribution in [0.25, 0.3) is 0 Å². The van der Waals surface area contributed by atoms with Crippen LogP contribution in [0.15, 0.2) is 12.1 Å². The molecule has 1 aromatic carbocycles. The minimum Gasteiger partial charge on any atom is -0.494 e. The van der Waals surface area contributed by atoms with Gasteiger partial charge in [-0.3, -0.25) is 9.59 Å². The van der Waals surface area contributed by atoms with E-state index in [0.717, 1.165) is 12.1 Å². The topological polar surface area (TPSA) is 75.6 Å². The average molecular weight is 259 g/mol. The van der Waals surface area contributed by atoms with Crippen molar-refractivity contribution in [3.05, 3.63) is 23.8 Å². The van der Waals surface area contributed by atoms with Crippen LogP contribution in [0.2, 0.25) is 0 Å². The number of methoxy groups -OCH3 is 1. The lowest BCUT2D eigenvalue weighted by atomic mass is 10.2. The van der Waals surface area contributed by atoms with Gasteiger partial charge in [0.05, 0.1) is 19.2 Å². The molecule has 0 fully saturated rings. The van der Waals surface area contributed by atoms with Crippen LogP contribution in [0.4, 0.5) is 14.5 Å². The van der Waals surface area contributed by atoms with E-state index >= 15 is 0 Å². The summed E-state index contributed by atoms with van der Waals surface area (Å²) in [6.07, 6.45) is -0.700. The molecule has 7 heteroatoms. The molecular weight excluding hydrogens is 248 g/mol. The summed E-state index contributed by atoms with van der Waals surface area (Å²) in [7, 11) is 1.18. The Labute approximate surface area is 101 Å². The predicted molar refractivity (Wildman–Crippen MR) is 58.4 cm³/mol. The fraction of sp³-hybridized carbons (Fsp3) is 0.273. The molecule has 0 radical (unpaired) electrons. The lowest BCUT2D eigenvalue weighted by Crippen LogP contribution is -2.14. The van der Waals surface area contributed by atoms with E-state index in [1.165, 1.54) is 7.11 Å². The van der Waals surface area contributed by atoms with E-state index in [4.69, 9.17) is 5.11 Å². The summed E-state index contributed by atoms with van der Waals surface area (Å²) in [4.78, 5) is 21.5. The highest BCUT2D eigenvalue weighted by atomic mass is 19.1. The lowest BCUT2D eigenvalue weighted by Gasteiger charge is -2.08. The second-order valence-corrected chi connectivity index (χ2v) is 3.41. The van der Waals surface area contributed by atoms with Crippen molar-refractivity contribution < 1.29 is 28.2 Å². The normalized spacial score (nSPS) is 9.94. The van der Waals surface area contributed by atoms with Crippen molar-refractivity contribution in [2.75, 3.05) is 12.4 Å². The Balaban J connectivity index is 2.76. The third kappa shape index (κ3) is 3.69. The molecule has 0 heterocycles. The maximum Gasteiger partial charge on any atom is 0.303 e. The third-order valence-electron chi connectivity index (χ3n) is 2.08. The van der Waals surface area contributed by atoms with Gasteiger partial charge in [0.2, 0.25) is 5.91 Å². The standard InChI is InChI=1S/C11H11F2NO4/c1-18-9-5-6(12)8(4-7(9)13)14-10(15)2-3-11(16)17/h4-5H,2-3H2,1H3,(H,14,15)(H,16,17). The first-order valence-electron chi connectivity index (χ1n) is 4.98. The molecule has 98 valence electrons. The number of rotatable bonds is 5. The molecule has 0 aliphatic rings. The van der Waals surface area contributed by atoms with Gasteiger partial charge in [-0.1, -0.05) is 0 Å². The molecule has 1 rings (SSSR count). The molecule has 0 aromatic heterocycles. The maximum absolute atomic E-state index is 13.4. The number of hydrogen-bond acceptors (Lipinski definition) is 3. The fourth-order valence-corrected chi connectivity index (χ4v) is 1.21. The van der Waals surface area contributed by atoms with Gasteiger partial charge in [-0.2, -0.15) is 0 Å². The van der Waals surface area contributed by atoms with E-state index < -0.39 is 23.5 Å². The third-order valence-corrected chi connectivity index (χ3v) is 2.08. The van der Waals surface area contributed by atoms with Crippen molar-refractivity contribution in [2.45, 2.75) is 12.8 Å². The smallest absolute Gasteiger partial charge is 0.303 e. The molecule has 0 unspecified atom stereocenters. The summed E-state index contributed by atoms with van der Waals surface area (Å²) in [5, 5.41) is 10.4. The van der Waals surface area contributed by atoms with Gasteiger partial charge in [-0.25, -0.2) is 8.78 Å². The second-order valence-electron chi connectivity index (χ2n) is 3.41. The molecule has 18 heavy (non-hydrogen) atoms. The molecule has 0 aliphatic heterocycles. The molecule has 0 aliphatic carbocycles. The van der Waals surface area contributed by atoms with Crippen LogP contribution in [0, 0.1) is 11.6 Å². The molecule has 0 atom stereocenters. The van der Waals surface area contributed by atoms with Crippen LogP contribution in [0.1, 0.15) is 12.8 Å². The van der Waals surface area contributed by atoms with Crippen molar-refractivity contribution >= 4 is 17.6 Å². The maximum atomic E-state index is 13.4. The van der Waals surface area contributed by atoms with Gasteiger partial charge in [-0.05, 0) is 0 Å². The minimum absolute atomic E-state index is 0.281. The molecule has 1 aromatic rings. The zero-order valence-electron chi connectivity index (χ0n) is 9.50. The van der Waals surface area contributed by atoms with E-state index in [2.05, 4.69) is 10.1 Å². The number of halogens is 2. The van der Waals surface area contributed by atoms with Crippen LogP contribution >= 0.6 is 0 Å². The van der Waals surface area contributed by atoms with Crippen molar-refractivity contribution in [1.29, 1.82) is 0 Å². The van der Waals surface area contributed by atoms with Gasteiger partial charge in [0.15, 0.2) is 17.4 Å². The lowest BCUT2D eigenvalue weighted by molar-refractivity contribution is -0.138. The number of carbonyl (C=O) groups excluding carboxylic acids is 1. The Hall–Kier alpha value is -2.18. The van der Waals surface area contributed by atoms with Crippen molar-refractivity contribution in [2.24, 2.45) is 0 Å². The second kappa shape index (κ2) is 5.95. The Morgan fingerprint density at radius 1 is 1.28 bits per heavy atom. The van der Waals surface area contributed by atoms with E-state index in [-0.39, 0.29) is 24.3 Å². The SMILES string of the molecule is COc1cc(F)c(NC(=O)CCC(=O)O)cc1F. The zero-order chi connectivity index (χ0) is 13.7. The summed E-state index contributed by atoms with van der Waals surface area (Å²) in [6, 6.07) is 1.56. The van der Waals surface area contributed by atoms with Crippen molar-refractivity contribution in [1.82, 2.24) is 0 Å². The first-order valence-corrected chi connectivity index (χ1v) is 4.98. The van der Waals surface area contributed by atoms with Gasteiger partial charge in [0.25, 0.3) is 0 Å². The number of nitrogens with one attached hydrogen (secondary N) is 1. The van der Waals surface area contributed by atoms with E-state index in [9.17, 15) is 18.4 Å². The molecule has 1 amide bonds. The number of amides is 1. The number of anilines is 1. The van der Waals surface area contributed by atoms with E-state index in [0.29, 0.717) is 0 Å². The summed E-state index contributed by atoms with van der Waals surface area (Å²) >= 11 is 0. The van der Waals surface area contributed by atoms with Crippen LogP contribution in [-0.2, 0) is 9.59 Å². The number of ether oxygens (including phenoxy) is 1. The van der Waals surface area contributed by atoms with E-state index in [1.807, 2.05) is 0 Å². The molecule has 0 saturated carbocycles. The van der Waals surface area contributed by atoms with Gasteiger partial charge < -0.3 is 15.2 Å². The van der Waals surface area contributed by atoms with Crippen molar-refractivity contribution in [3.63, 3.8) is 0 Å². The summed E-state index contributed by atoms with van der Waals surface area (Å²) < 4.78 is 31.2. The Bertz CT molecular complexity index is 476. The molecule has 2 N–H and O–H groups in total. The van der Waals surface area contributed by atoms with Gasteiger partial charge in [0.1, 0.15) is 0 Å². The predicted octanol–water partition coefficient (Wildman–Crippen LogP) is 1.78. The molecule has 0 saturated heterocycles. The first kappa shape index (κ1) is 13.9. The Kier molecular flexibility index (Phi) is 4.59. The number of carboxylic acid groups (broad SMARTS) is 1. The highest BCUT2D eigenvalue weighted by Crippen LogP contribution is 2.24. The summed E-state index contributed by atoms with van der Waals surface area (Å²) in [5.74, 6) is -3.83. The van der Waals surface area contributed by atoms with Crippen LogP contribution in [0.5, 0.6) is 5.75 Å². The Morgan fingerprint density at radius 3 is 2.50 bits per heavy atom. The average Bonchev–Trinajstić information content (AvgIpc) is 2.30. The van der Waals surface area contributed by atoms with Crippen LogP contribution < -0.4 is 10.1 Å². The molecular formula is C11H11F2NO4.